The third-order valence-corrected chi connectivity index (χ3v) is 2.99. The highest BCUT2D eigenvalue weighted by Gasteiger charge is 2.54. The van der Waals surface area contributed by atoms with E-state index in [-0.39, 0.29) is 0 Å². The van der Waals surface area contributed by atoms with Crippen LogP contribution in [0.2, 0.25) is 0 Å². The number of nitrogens with zero attached hydrogens (tertiary/aromatic N) is 1. The van der Waals surface area contributed by atoms with Gasteiger partial charge in [0.1, 0.15) is 12.2 Å². The molecule has 1 aliphatic heterocycles. The van der Waals surface area contributed by atoms with Crippen LogP contribution in [-0.2, 0) is 9.47 Å². The van der Waals surface area contributed by atoms with E-state index in [1.54, 1.807) is 0 Å². The number of aliphatic hydroxyl groups is 4. The maximum atomic E-state index is 11.6. The van der Waals surface area contributed by atoms with E-state index >= 15 is 0 Å². The summed E-state index contributed by atoms with van der Waals surface area (Å²) in [6, 6.07) is 1.00. The Morgan fingerprint density at radius 2 is 2.05 bits per heavy atom. The number of rotatable bonds is 4. The molecule has 1 aromatic heterocycles. The monoisotopic (exact) mass is 302 g/mol. The van der Waals surface area contributed by atoms with Gasteiger partial charge in [0, 0.05) is 12.3 Å². The Kier molecular flexibility index (Phi) is 3.98. The smallest absolute Gasteiger partial charge is 0.352 e. The van der Waals surface area contributed by atoms with Gasteiger partial charge in [-0.15, -0.1) is 0 Å². The van der Waals surface area contributed by atoms with Gasteiger partial charge in [-0.2, -0.15) is 0 Å². The quantitative estimate of drug-likeness (QED) is 0.290. The highest BCUT2D eigenvalue weighted by molar-refractivity contribution is 4.95. The number of ether oxygens (including phenoxy) is 2. The number of aliphatic hydroxyl groups excluding tert-OH is 2. The fraction of sp³-hybridized carbons (Fsp3) is 0.455. The van der Waals surface area contributed by atoms with Crippen molar-refractivity contribution in [1.82, 2.24) is 9.55 Å². The maximum Gasteiger partial charge on any atom is 0.352 e. The lowest BCUT2D eigenvalue weighted by molar-refractivity contribution is -0.369. The Bertz CT molecular complexity index is 636. The Morgan fingerprint density at radius 1 is 1.38 bits per heavy atom. The minimum Gasteiger partial charge on any atom is -0.446 e. The number of H-pyrrole nitrogens is 1. The number of aromatic amines is 1. The van der Waals surface area contributed by atoms with Gasteiger partial charge in [0.25, 0.3) is 5.56 Å². The van der Waals surface area contributed by atoms with Crippen LogP contribution in [0.5, 0.6) is 0 Å². The van der Waals surface area contributed by atoms with Crippen LogP contribution in [-0.4, -0.2) is 54.3 Å². The van der Waals surface area contributed by atoms with Gasteiger partial charge < -0.3 is 29.9 Å². The number of hydrogen-bond donors (Lipinski definition) is 5. The molecule has 1 saturated heterocycles. The second-order valence-corrected chi connectivity index (χ2v) is 4.39. The molecule has 10 nitrogen and oxygen atoms in total. The van der Waals surface area contributed by atoms with Crippen LogP contribution in [0.25, 0.3) is 0 Å². The fourth-order valence-electron chi connectivity index (χ4n) is 2.02. The zero-order valence-corrected chi connectivity index (χ0v) is 10.6. The van der Waals surface area contributed by atoms with E-state index in [0.29, 0.717) is 6.26 Å². The molecule has 0 aromatic carbocycles. The van der Waals surface area contributed by atoms with Crippen LogP contribution < -0.4 is 11.2 Å². The van der Waals surface area contributed by atoms with E-state index in [2.05, 4.69) is 11.3 Å². The minimum atomic E-state index is -2.96. The SMILES string of the molecule is C=COC(O)(O)[C@H]1O[C@@H](n2ccc(=O)[nH]c2=O)[C@H](O)[C@@H]1O. The lowest BCUT2D eigenvalue weighted by Crippen LogP contribution is -2.50. The van der Waals surface area contributed by atoms with Crippen LogP contribution in [0.4, 0.5) is 0 Å². The first kappa shape index (κ1) is 15.4. The first-order valence-electron chi connectivity index (χ1n) is 5.84. The summed E-state index contributed by atoms with van der Waals surface area (Å²) in [6.07, 6.45) is -4.89. The first-order chi connectivity index (χ1) is 9.77. The summed E-state index contributed by atoms with van der Waals surface area (Å²) in [7, 11) is 0. The molecular formula is C11H14N2O8. The van der Waals surface area contributed by atoms with Gasteiger partial charge in [0.15, 0.2) is 12.3 Å². The van der Waals surface area contributed by atoms with Crippen molar-refractivity contribution in [3.8, 4) is 0 Å². The number of hydrogen-bond acceptors (Lipinski definition) is 8. The molecule has 2 rings (SSSR count). The topological polar surface area (TPSA) is 154 Å². The van der Waals surface area contributed by atoms with Crippen molar-refractivity contribution in [3.05, 3.63) is 45.9 Å². The molecule has 2 heterocycles. The average Bonchev–Trinajstić information content (AvgIpc) is 2.67. The van der Waals surface area contributed by atoms with E-state index in [4.69, 9.17) is 4.74 Å². The van der Waals surface area contributed by atoms with E-state index in [0.717, 1.165) is 16.8 Å². The normalized spacial score (nSPS) is 29.3. The molecule has 4 atom stereocenters. The summed E-state index contributed by atoms with van der Waals surface area (Å²) in [5.41, 5.74) is -1.56. The summed E-state index contributed by atoms with van der Waals surface area (Å²) in [4.78, 5) is 24.5. The van der Waals surface area contributed by atoms with Gasteiger partial charge in [-0.1, -0.05) is 6.58 Å². The first-order valence-corrected chi connectivity index (χ1v) is 5.84. The Morgan fingerprint density at radius 3 is 2.62 bits per heavy atom. The summed E-state index contributed by atoms with van der Waals surface area (Å²) in [6.45, 7) is 3.13. The lowest BCUT2D eigenvalue weighted by atomic mass is 10.1. The number of nitrogens with one attached hydrogen (secondary N) is 1. The van der Waals surface area contributed by atoms with Crippen LogP contribution in [0.1, 0.15) is 6.23 Å². The average molecular weight is 302 g/mol. The second-order valence-electron chi connectivity index (χ2n) is 4.39. The van der Waals surface area contributed by atoms with Crippen LogP contribution in [0, 0.1) is 0 Å². The van der Waals surface area contributed by atoms with Gasteiger partial charge in [0.05, 0.1) is 6.26 Å². The summed E-state index contributed by atoms with van der Waals surface area (Å²) < 4.78 is 10.3. The van der Waals surface area contributed by atoms with Crippen LogP contribution >= 0.6 is 0 Å². The highest BCUT2D eigenvalue weighted by Crippen LogP contribution is 2.33. The summed E-state index contributed by atoms with van der Waals surface area (Å²) >= 11 is 0. The zero-order valence-electron chi connectivity index (χ0n) is 10.6. The molecule has 0 bridgehead atoms. The van der Waals surface area contributed by atoms with Gasteiger partial charge in [-0.05, 0) is 0 Å². The molecular weight excluding hydrogens is 288 g/mol. The van der Waals surface area contributed by atoms with Crippen molar-refractivity contribution in [1.29, 1.82) is 0 Å². The van der Waals surface area contributed by atoms with Gasteiger partial charge in [0.2, 0.25) is 0 Å². The van der Waals surface area contributed by atoms with Crippen molar-refractivity contribution >= 4 is 0 Å². The van der Waals surface area contributed by atoms with Gasteiger partial charge in [-0.3, -0.25) is 14.3 Å². The van der Waals surface area contributed by atoms with E-state index < -0.39 is 41.8 Å². The second kappa shape index (κ2) is 5.42. The van der Waals surface area contributed by atoms with E-state index in [9.17, 15) is 30.0 Å². The predicted octanol–water partition coefficient (Wildman–Crippen LogP) is -3.05. The molecule has 10 heteroatoms. The maximum absolute atomic E-state index is 11.6. The molecule has 21 heavy (non-hydrogen) atoms. The van der Waals surface area contributed by atoms with Gasteiger partial charge in [-0.25, -0.2) is 4.79 Å². The van der Waals surface area contributed by atoms with Crippen molar-refractivity contribution < 1.29 is 29.9 Å². The lowest BCUT2D eigenvalue weighted by Gasteiger charge is -2.27. The van der Waals surface area contributed by atoms with Crippen molar-refractivity contribution in [2.75, 3.05) is 0 Å². The zero-order chi connectivity index (χ0) is 15.8. The van der Waals surface area contributed by atoms with Crippen LogP contribution in [0.3, 0.4) is 0 Å². The summed E-state index contributed by atoms with van der Waals surface area (Å²) in [5.74, 6) is -2.96. The molecule has 5 N–H and O–H groups in total. The van der Waals surface area contributed by atoms with Crippen molar-refractivity contribution in [2.45, 2.75) is 30.5 Å². The molecule has 0 unspecified atom stereocenters. The standard InChI is InChI=1S/C11H14N2O8/c1-2-20-11(18,19)8-6(15)7(16)9(21-8)13-4-3-5(14)12-10(13)17/h2-4,6-9,15-16,18-19H,1H2,(H,12,14,17)/t6-,7+,8-,9+/m0/s1. The third kappa shape index (κ3) is 2.75. The Hall–Kier alpha value is -1.98. The highest BCUT2D eigenvalue weighted by atomic mass is 16.8. The minimum absolute atomic E-state index is 0.658. The largest absolute Gasteiger partial charge is 0.446 e. The predicted molar refractivity (Wildman–Crippen MR) is 65.7 cm³/mol. The molecule has 0 radical (unpaired) electrons. The molecule has 0 spiro atoms. The van der Waals surface area contributed by atoms with Crippen LogP contribution in [0.15, 0.2) is 34.7 Å². The van der Waals surface area contributed by atoms with E-state index in [1.165, 1.54) is 0 Å². The molecule has 0 saturated carbocycles. The molecule has 1 aromatic rings. The Balaban J connectivity index is 2.34. The Labute approximate surface area is 117 Å². The molecule has 0 aliphatic carbocycles. The fourth-order valence-corrected chi connectivity index (χ4v) is 2.02. The molecule has 0 amide bonds. The molecule has 1 aliphatic rings. The molecule has 1 fully saturated rings. The number of aromatic nitrogens is 2. The summed E-state index contributed by atoms with van der Waals surface area (Å²) in [5, 5.41) is 38.9. The van der Waals surface area contributed by atoms with Crippen molar-refractivity contribution in [2.24, 2.45) is 0 Å². The van der Waals surface area contributed by atoms with E-state index in [1.807, 2.05) is 4.98 Å². The molecule has 116 valence electrons. The van der Waals surface area contributed by atoms with Crippen molar-refractivity contribution in [3.63, 3.8) is 0 Å². The third-order valence-electron chi connectivity index (χ3n) is 2.99. The van der Waals surface area contributed by atoms with Gasteiger partial charge >= 0.3 is 11.7 Å².